The van der Waals surface area contributed by atoms with Crippen LogP contribution in [0.5, 0.6) is 0 Å². The van der Waals surface area contributed by atoms with E-state index in [9.17, 15) is 0 Å². The maximum absolute atomic E-state index is 4.33. The van der Waals surface area contributed by atoms with Crippen LogP contribution in [0.2, 0.25) is 0 Å². The Morgan fingerprint density at radius 2 is 2.44 bits per heavy atom. The lowest BCUT2D eigenvalue weighted by molar-refractivity contribution is 0.330. The minimum atomic E-state index is 0.467. The minimum absolute atomic E-state index is 0.467. The van der Waals surface area contributed by atoms with Gasteiger partial charge in [-0.05, 0) is 48.6 Å². The lowest BCUT2D eigenvalue weighted by Gasteiger charge is -2.29. The molecule has 1 fully saturated rings. The smallest absolute Gasteiger partial charge is 0.0951 e. The van der Waals surface area contributed by atoms with Crippen molar-refractivity contribution < 1.29 is 0 Å². The van der Waals surface area contributed by atoms with E-state index in [0.717, 1.165) is 6.54 Å². The fourth-order valence-electron chi connectivity index (χ4n) is 2.70. The van der Waals surface area contributed by atoms with Gasteiger partial charge in [0.2, 0.25) is 0 Å². The summed E-state index contributed by atoms with van der Waals surface area (Å²) in [7, 11) is 0. The first-order valence-corrected chi connectivity index (χ1v) is 7.54. The van der Waals surface area contributed by atoms with Crippen molar-refractivity contribution in [1.82, 2.24) is 14.9 Å². The average molecular weight is 261 g/mol. The van der Waals surface area contributed by atoms with Crippen molar-refractivity contribution in [3.63, 3.8) is 0 Å². The number of thiophene rings is 1. The Labute approximate surface area is 112 Å². The number of hydrogen-bond acceptors (Lipinski definition) is 3. The van der Waals surface area contributed by atoms with Crippen molar-refractivity contribution in [3.05, 3.63) is 40.6 Å². The van der Waals surface area contributed by atoms with E-state index in [4.69, 9.17) is 0 Å². The third-order valence-corrected chi connectivity index (χ3v) is 4.38. The van der Waals surface area contributed by atoms with Gasteiger partial charge in [0, 0.05) is 24.8 Å². The molecule has 18 heavy (non-hydrogen) atoms. The Balaban J connectivity index is 1.78. The van der Waals surface area contributed by atoms with Gasteiger partial charge in [0.05, 0.1) is 12.0 Å². The van der Waals surface area contributed by atoms with Gasteiger partial charge in [-0.15, -0.1) is 0 Å². The molecule has 0 spiro atoms. The summed E-state index contributed by atoms with van der Waals surface area (Å²) in [5.41, 5.74) is 2.69. The molecule has 96 valence electrons. The van der Waals surface area contributed by atoms with Crippen LogP contribution in [0, 0.1) is 0 Å². The predicted molar refractivity (Wildman–Crippen MR) is 74.8 cm³/mol. The molecule has 4 heteroatoms. The van der Waals surface area contributed by atoms with Gasteiger partial charge in [0.15, 0.2) is 0 Å². The summed E-state index contributed by atoms with van der Waals surface area (Å²) in [6, 6.07) is 3.27. The first-order valence-electron chi connectivity index (χ1n) is 6.60. The number of hydrogen-bond donors (Lipinski definition) is 1. The molecule has 2 aromatic heterocycles. The molecule has 3 heterocycles. The normalized spacial score (nSPS) is 24.3. The van der Waals surface area contributed by atoms with Crippen molar-refractivity contribution in [2.45, 2.75) is 44.8 Å². The maximum atomic E-state index is 4.33. The molecule has 1 saturated heterocycles. The average Bonchev–Trinajstić information content (AvgIpc) is 3.01. The van der Waals surface area contributed by atoms with Gasteiger partial charge in [-0.25, -0.2) is 4.98 Å². The molecular weight excluding hydrogens is 242 g/mol. The van der Waals surface area contributed by atoms with Crippen LogP contribution in [0.3, 0.4) is 0 Å². The number of aromatic nitrogens is 2. The van der Waals surface area contributed by atoms with Gasteiger partial charge in [-0.3, -0.25) is 0 Å². The van der Waals surface area contributed by atoms with Crippen LogP contribution >= 0.6 is 11.3 Å². The Bertz CT molecular complexity index is 489. The molecule has 1 aliphatic heterocycles. The van der Waals surface area contributed by atoms with Crippen LogP contribution in [0.4, 0.5) is 0 Å². The zero-order valence-electron chi connectivity index (χ0n) is 10.7. The summed E-state index contributed by atoms with van der Waals surface area (Å²) in [5, 5.41) is 8.02. The number of piperidine rings is 1. The topological polar surface area (TPSA) is 29.9 Å². The van der Waals surface area contributed by atoms with Gasteiger partial charge in [0.25, 0.3) is 0 Å². The molecule has 0 aliphatic carbocycles. The lowest BCUT2D eigenvalue weighted by Crippen LogP contribution is -2.35. The number of nitrogens with one attached hydrogen (secondary N) is 1. The Hall–Kier alpha value is -1.13. The first-order chi connectivity index (χ1) is 8.83. The van der Waals surface area contributed by atoms with E-state index >= 15 is 0 Å². The summed E-state index contributed by atoms with van der Waals surface area (Å²) in [6.45, 7) is 3.21. The van der Waals surface area contributed by atoms with E-state index in [2.05, 4.69) is 38.6 Å². The number of rotatable bonds is 3. The van der Waals surface area contributed by atoms with Crippen molar-refractivity contribution in [2.75, 3.05) is 0 Å². The van der Waals surface area contributed by atoms with Crippen molar-refractivity contribution in [3.8, 4) is 0 Å². The summed E-state index contributed by atoms with van der Waals surface area (Å²) in [4.78, 5) is 4.33. The summed E-state index contributed by atoms with van der Waals surface area (Å²) < 4.78 is 2.28. The highest BCUT2D eigenvalue weighted by atomic mass is 32.1. The SMILES string of the molecule is CC1CCCC(c2cncn2Cc2ccsc2)N1. The van der Waals surface area contributed by atoms with Crippen LogP contribution in [0.25, 0.3) is 0 Å². The minimum Gasteiger partial charge on any atom is -0.329 e. The van der Waals surface area contributed by atoms with Crippen molar-refractivity contribution >= 4 is 11.3 Å². The summed E-state index contributed by atoms with van der Waals surface area (Å²) in [5.74, 6) is 0. The molecule has 1 N–H and O–H groups in total. The molecular formula is C14H19N3S. The second kappa shape index (κ2) is 5.24. The molecule has 0 radical (unpaired) electrons. The molecule has 1 aliphatic rings. The molecule has 0 bridgehead atoms. The zero-order valence-corrected chi connectivity index (χ0v) is 11.5. The van der Waals surface area contributed by atoms with Crippen LogP contribution in [0.1, 0.15) is 43.5 Å². The van der Waals surface area contributed by atoms with E-state index in [1.165, 1.54) is 30.5 Å². The Kier molecular flexibility index (Phi) is 3.48. The quantitative estimate of drug-likeness (QED) is 0.919. The van der Waals surface area contributed by atoms with Gasteiger partial charge in [-0.2, -0.15) is 11.3 Å². The van der Waals surface area contributed by atoms with E-state index in [0.29, 0.717) is 12.1 Å². The molecule has 3 nitrogen and oxygen atoms in total. The largest absolute Gasteiger partial charge is 0.329 e. The Morgan fingerprint density at radius 3 is 3.22 bits per heavy atom. The van der Waals surface area contributed by atoms with Gasteiger partial charge in [-0.1, -0.05) is 0 Å². The third kappa shape index (κ3) is 2.49. The maximum Gasteiger partial charge on any atom is 0.0951 e. The lowest BCUT2D eigenvalue weighted by atomic mass is 9.97. The monoisotopic (exact) mass is 261 g/mol. The second-order valence-corrected chi connectivity index (χ2v) is 5.91. The molecule has 0 amide bonds. The zero-order chi connectivity index (χ0) is 12.4. The van der Waals surface area contributed by atoms with Crippen LogP contribution in [-0.4, -0.2) is 15.6 Å². The molecule has 2 unspecified atom stereocenters. The number of nitrogens with zero attached hydrogens (tertiary/aromatic N) is 2. The fourth-order valence-corrected chi connectivity index (χ4v) is 3.36. The van der Waals surface area contributed by atoms with E-state index in [-0.39, 0.29) is 0 Å². The highest BCUT2D eigenvalue weighted by Gasteiger charge is 2.22. The molecule has 2 aromatic rings. The summed E-state index contributed by atoms with van der Waals surface area (Å²) in [6.07, 6.45) is 7.79. The molecule has 0 aromatic carbocycles. The Morgan fingerprint density at radius 1 is 1.50 bits per heavy atom. The van der Waals surface area contributed by atoms with Gasteiger partial charge < -0.3 is 9.88 Å². The predicted octanol–water partition coefficient (Wildman–Crippen LogP) is 3.20. The van der Waals surface area contributed by atoms with E-state index in [1.54, 1.807) is 11.3 Å². The second-order valence-electron chi connectivity index (χ2n) is 5.13. The van der Waals surface area contributed by atoms with Gasteiger partial charge in [0.1, 0.15) is 0 Å². The highest BCUT2D eigenvalue weighted by molar-refractivity contribution is 7.07. The third-order valence-electron chi connectivity index (χ3n) is 3.65. The highest BCUT2D eigenvalue weighted by Crippen LogP contribution is 2.25. The summed E-state index contributed by atoms with van der Waals surface area (Å²) >= 11 is 1.75. The molecule has 2 atom stereocenters. The molecule has 3 rings (SSSR count). The fraction of sp³-hybridized carbons (Fsp3) is 0.500. The molecule has 0 saturated carbocycles. The van der Waals surface area contributed by atoms with E-state index < -0.39 is 0 Å². The van der Waals surface area contributed by atoms with Crippen LogP contribution < -0.4 is 5.32 Å². The van der Waals surface area contributed by atoms with Crippen LogP contribution in [0.15, 0.2) is 29.4 Å². The standard InChI is InChI=1S/C14H19N3S/c1-11-3-2-4-13(16-11)14-7-15-10-17(14)8-12-5-6-18-9-12/h5-7,9-11,13,16H,2-4,8H2,1H3. The van der Waals surface area contributed by atoms with Crippen molar-refractivity contribution in [1.29, 1.82) is 0 Å². The van der Waals surface area contributed by atoms with E-state index in [1.807, 2.05) is 12.5 Å². The van der Waals surface area contributed by atoms with Crippen molar-refractivity contribution in [2.24, 2.45) is 0 Å². The van der Waals surface area contributed by atoms with Crippen LogP contribution in [-0.2, 0) is 6.54 Å². The van der Waals surface area contributed by atoms with Gasteiger partial charge >= 0.3 is 0 Å². The number of imidazole rings is 1. The first kappa shape index (κ1) is 11.9.